The third-order valence-electron chi connectivity index (χ3n) is 9.27. The summed E-state index contributed by atoms with van der Waals surface area (Å²) in [6, 6.07) is 0. The van der Waals surface area contributed by atoms with E-state index in [-0.39, 0.29) is 23.8 Å². The molecule has 22 heavy (non-hydrogen) atoms. The molecular formula is C18H22O4. The lowest BCUT2D eigenvalue weighted by Gasteiger charge is -3.04. The zero-order chi connectivity index (χ0) is 15.0. The maximum absolute atomic E-state index is 12.5. The quantitative estimate of drug-likeness (QED) is 0.731. The Bertz CT molecular complexity index is 575. The van der Waals surface area contributed by atoms with Gasteiger partial charge in [-0.25, -0.2) is 0 Å². The van der Waals surface area contributed by atoms with E-state index in [1.807, 2.05) is 0 Å². The number of ether oxygens (including phenoxy) is 2. The third kappa shape index (κ3) is 0.771. The van der Waals surface area contributed by atoms with Gasteiger partial charge in [0.05, 0.1) is 26.1 Å². The van der Waals surface area contributed by atoms with Crippen LogP contribution in [0.2, 0.25) is 0 Å². The standard InChI is InChI=1S/C18H22O4/c1-21-15(19)9-10(16(20)22-2)12-8-7-11(9)17-5-3-4-6-18(12,17)14(8)13(7)17/h7-14H,3-6H2,1-2H3/t7-,8+,9-,10-,11+,12+,13+,14-,17+,18-/m1/s1. The maximum Gasteiger partial charge on any atom is 0.309 e. The molecule has 0 N–H and O–H groups in total. The summed E-state index contributed by atoms with van der Waals surface area (Å²) in [4.78, 5) is 25.0. The van der Waals surface area contributed by atoms with E-state index in [9.17, 15) is 9.59 Å². The first-order chi connectivity index (χ1) is 10.7. The zero-order valence-corrected chi connectivity index (χ0v) is 13.1. The van der Waals surface area contributed by atoms with Crippen LogP contribution in [0.1, 0.15) is 25.7 Å². The molecule has 2 spiro atoms. The lowest BCUT2D eigenvalue weighted by molar-refractivity contribution is -0.583. The third-order valence-corrected chi connectivity index (χ3v) is 9.27. The molecule has 0 aliphatic heterocycles. The van der Waals surface area contributed by atoms with Crippen molar-refractivity contribution < 1.29 is 19.1 Å². The largest absolute Gasteiger partial charge is 0.469 e. The van der Waals surface area contributed by atoms with Crippen LogP contribution in [0.15, 0.2) is 0 Å². The second-order valence-electron chi connectivity index (χ2n) is 8.64. The highest BCUT2D eigenvalue weighted by Gasteiger charge is 3.03. The van der Waals surface area contributed by atoms with E-state index in [2.05, 4.69) is 0 Å². The average Bonchev–Trinajstić information content (AvgIpc) is 2.53. The van der Waals surface area contributed by atoms with Crippen LogP contribution < -0.4 is 0 Å². The summed E-state index contributed by atoms with van der Waals surface area (Å²) in [5.74, 6) is 3.27. The van der Waals surface area contributed by atoms with E-state index >= 15 is 0 Å². The van der Waals surface area contributed by atoms with E-state index in [0.29, 0.717) is 22.7 Å². The maximum atomic E-state index is 12.5. The first-order valence-electron chi connectivity index (χ1n) is 8.82. The molecule has 0 aromatic rings. The second kappa shape index (κ2) is 3.25. The van der Waals surface area contributed by atoms with Gasteiger partial charge >= 0.3 is 11.9 Å². The van der Waals surface area contributed by atoms with Gasteiger partial charge in [-0.05, 0) is 59.2 Å². The minimum atomic E-state index is -0.229. The molecule has 0 aromatic heterocycles. The summed E-state index contributed by atoms with van der Waals surface area (Å²) in [5, 5.41) is 0. The van der Waals surface area contributed by atoms with Crippen molar-refractivity contribution in [2.75, 3.05) is 14.2 Å². The van der Waals surface area contributed by atoms with Crippen LogP contribution in [0.3, 0.4) is 0 Å². The predicted molar refractivity (Wildman–Crippen MR) is 75.3 cm³/mol. The lowest BCUT2D eigenvalue weighted by atomic mass is 8.99. The molecule has 7 fully saturated rings. The van der Waals surface area contributed by atoms with E-state index in [1.165, 1.54) is 39.9 Å². The van der Waals surface area contributed by atoms with Crippen LogP contribution in [0.4, 0.5) is 0 Å². The molecule has 0 amide bonds. The Morgan fingerprint density at radius 1 is 0.773 bits per heavy atom. The van der Waals surface area contributed by atoms with Crippen LogP contribution in [0.5, 0.6) is 0 Å². The van der Waals surface area contributed by atoms with Gasteiger partial charge in [0.25, 0.3) is 0 Å². The van der Waals surface area contributed by atoms with E-state index in [1.54, 1.807) is 0 Å². The highest BCUT2D eigenvalue weighted by atomic mass is 16.5. The van der Waals surface area contributed by atoms with Crippen molar-refractivity contribution in [2.45, 2.75) is 25.7 Å². The van der Waals surface area contributed by atoms with Crippen LogP contribution in [-0.4, -0.2) is 26.2 Å². The summed E-state index contributed by atoms with van der Waals surface area (Å²) < 4.78 is 10.2. The van der Waals surface area contributed by atoms with Crippen LogP contribution >= 0.6 is 0 Å². The fraction of sp³-hybridized carbons (Fsp3) is 0.889. The molecule has 10 atom stereocenters. The number of carbonyl (C=O) groups is 2. The van der Waals surface area contributed by atoms with Crippen LogP contribution in [0.25, 0.3) is 0 Å². The highest BCUT2D eigenvalue weighted by molar-refractivity contribution is 5.85. The Kier molecular flexibility index (Phi) is 1.83. The Morgan fingerprint density at radius 2 is 1.18 bits per heavy atom. The molecule has 0 unspecified atom stereocenters. The van der Waals surface area contributed by atoms with Gasteiger partial charge < -0.3 is 9.47 Å². The minimum Gasteiger partial charge on any atom is -0.469 e. The number of fused-ring (bicyclic) bond motifs is 1. The fourth-order valence-corrected chi connectivity index (χ4v) is 9.50. The Hall–Kier alpha value is -1.06. The van der Waals surface area contributed by atoms with Crippen molar-refractivity contribution in [3.8, 4) is 0 Å². The summed E-state index contributed by atoms with van der Waals surface area (Å²) in [7, 11) is 2.93. The molecule has 7 rings (SSSR count). The monoisotopic (exact) mass is 302 g/mol. The molecule has 118 valence electrons. The van der Waals surface area contributed by atoms with Gasteiger partial charge in [-0.15, -0.1) is 0 Å². The lowest BCUT2D eigenvalue weighted by Crippen LogP contribution is -3.02. The fourth-order valence-electron chi connectivity index (χ4n) is 9.50. The second-order valence-corrected chi connectivity index (χ2v) is 8.64. The van der Waals surface area contributed by atoms with Crippen LogP contribution in [-0.2, 0) is 19.1 Å². The van der Waals surface area contributed by atoms with Crippen molar-refractivity contribution in [2.24, 2.45) is 58.2 Å². The van der Waals surface area contributed by atoms with E-state index in [0.717, 1.165) is 23.7 Å². The van der Waals surface area contributed by atoms with Gasteiger partial charge in [0, 0.05) is 0 Å². The molecule has 2 bridgehead atoms. The van der Waals surface area contributed by atoms with Gasteiger partial charge in [-0.2, -0.15) is 0 Å². The van der Waals surface area contributed by atoms with E-state index in [4.69, 9.17) is 9.47 Å². The van der Waals surface area contributed by atoms with Crippen molar-refractivity contribution >= 4 is 11.9 Å². The molecule has 4 nitrogen and oxygen atoms in total. The zero-order valence-electron chi connectivity index (χ0n) is 13.1. The number of rotatable bonds is 2. The highest BCUT2D eigenvalue weighted by Crippen LogP contribution is 3.05. The molecule has 7 aliphatic rings. The first-order valence-corrected chi connectivity index (χ1v) is 8.82. The Labute approximate surface area is 129 Å². The Balaban J connectivity index is 1.51. The van der Waals surface area contributed by atoms with Crippen molar-refractivity contribution in [1.82, 2.24) is 0 Å². The summed E-state index contributed by atoms with van der Waals surface area (Å²) >= 11 is 0. The molecule has 0 radical (unpaired) electrons. The molecule has 7 saturated carbocycles. The number of carbonyl (C=O) groups excluding carboxylic acids is 2. The SMILES string of the molecule is COC(=O)[C@@H]1[C@@H](C(=O)OC)[C@@H]2[C@@H]3[C@@H]4[C@@H]1[C@]15CCCC[C@]21[C@H]3[C@H]45. The Morgan fingerprint density at radius 3 is 1.55 bits per heavy atom. The summed E-state index contributed by atoms with van der Waals surface area (Å²) in [6.45, 7) is 0. The number of hydrogen-bond donors (Lipinski definition) is 0. The van der Waals surface area contributed by atoms with Gasteiger partial charge in [0.2, 0.25) is 0 Å². The molecule has 4 heteroatoms. The van der Waals surface area contributed by atoms with Gasteiger partial charge in [0.1, 0.15) is 0 Å². The predicted octanol–water partition coefficient (Wildman–Crippen LogP) is 1.88. The van der Waals surface area contributed by atoms with Crippen molar-refractivity contribution in [3.63, 3.8) is 0 Å². The molecular weight excluding hydrogens is 280 g/mol. The first kappa shape index (κ1) is 12.4. The summed E-state index contributed by atoms with van der Waals surface area (Å²) in [5.41, 5.74) is 0.812. The van der Waals surface area contributed by atoms with E-state index < -0.39 is 0 Å². The number of methoxy groups -OCH3 is 2. The van der Waals surface area contributed by atoms with Crippen molar-refractivity contribution in [1.29, 1.82) is 0 Å². The molecule has 0 aromatic carbocycles. The normalized spacial score (nSPS) is 63.9. The number of hydrogen-bond acceptors (Lipinski definition) is 4. The average molecular weight is 302 g/mol. The smallest absolute Gasteiger partial charge is 0.309 e. The topological polar surface area (TPSA) is 52.6 Å². The molecule has 0 saturated heterocycles. The summed E-state index contributed by atoms with van der Waals surface area (Å²) in [6.07, 6.45) is 5.20. The molecule has 7 aliphatic carbocycles. The van der Waals surface area contributed by atoms with Gasteiger partial charge in [-0.1, -0.05) is 12.8 Å². The van der Waals surface area contributed by atoms with Crippen molar-refractivity contribution in [3.05, 3.63) is 0 Å². The van der Waals surface area contributed by atoms with Crippen LogP contribution in [0, 0.1) is 58.2 Å². The molecule has 0 heterocycles. The minimum absolute atomic E-state index is 0.161. The van der Waals surface area contributed by atoms with Gasteiger partial charge in [-0.3, -0.25) is 9.59 Å². The van der Waals surface area contributed by atoms with Gasteiger partial charge in [0.15, 0.2) is 0 Å². The number of esters is 2.